The van der Waals surface area contributed by atoms with Crippen LogP contribution < -0.4 is 14.8 Å². The quantitative estimate of drug-likeness (QED) is 0.836. The Bertz CT molecular complexity index is 645. The highest BCUT2D eigenvalue weighted by Gasteiger charge is 2.36. The molecule has 5 nitrogen and oxygen atoms in total. The summed E-state index contributed by atoms with van der Waals surface area (Å²) in [5.41, 5.74) is 1.51. The molecule has 1 aliphatic heterocycles. The smallest absolute Gasteiger partial charge is 0.306 e. The topological polar surface area (TPSA) is 67.8 Å². The third-order valence-electron chi connectivity index (χ3n) is 6.60. The molecule has 2 aliphatic carbocycles. The molecule has 5 heteroatoms. The van der Waals surface area contributed by atoms with Crippen LogP contribution in [0.5, 0.6) is 11.5 Å². The lowest BCUT2D eigenvalue weighted by atomic mass is 9.69. The number of fused-ring (bicyclic) bond motifs is 1. The molecule has 0 radical (unpaired) electrons. The number of carboxylic acid groups (broad SMARTS) is 1. The summed E-state index contributed by atoms with van der Waals surface area (Å²) in [5.74, 6) is 0.937. The van der Waals surface area contributed by atoms with Gasteiger partial charge in [0.05, 0.1) is 5.92 Å². The van der Waals surface area contributed by atoms with Crippen LogP contribution in [0.15, 0.2) is 18.2 Å². The molecule has 2 fully saturated rings. The predicted molar refractivity (Wildman–Crippen MR) is 98.7 cm³/mol. The zero-order valence-electron chi connectivity index (χ0n) is 15.3. The molecule has 0 aromatic heterocycles. The van der Waals surface area contributed by atoms with E-state index in [-0.39, 0.29) is 11.3 Å². The van der Waals surface area contributed by atoms with Gasteiger partial charge in [-0.2, -0.15) is 0 Å². The van der Waals surface area contributed by atoms with Crippen molar-refractivity contribution in [2.75, 3.05) is 13.3 Å². The summed E-state index contributed by atoms with van der Waals surface area (Å²) in [4.78, 5) is 11.2. The Hall–Kier alpha value is -1.75. The van der Waals surface area contributed by atoms with E-state index in [4.69, 9.17) is 9.47 Å². The van der Waals surface area contributed by atoms with Gasteiger partial charge in [0.1, 0.15) is 0 Å². The van der Waals surface area contributed by atoms with Gasteiger partial charge in [-0.25, -0.2) is 0 Å². The normalized spacial score (nSPS) is 27.2. The summed E-state index contributed by atoms with van der Waals surface area (Å²) in [6.45, 7) is 1.28. The first kappa shape index (κ1) is 17.7. The molecule has 1 aromatic rings. The molecule has 2 saturated carbocycles. The van der Waals surface area contributed by atoms with E-state index in [1.807, 2.05) is 6.07 Å². The van der Waals surface area contributed by atoms with Gasteiger partial charge in [0, 0.05) is 18.0 Å². The van der Waals surface area contributed by atoms with E-state index in [0.29, 0.717) is 12.8 Å². The Balaban J connectivity index is 1.44. The number of benzene rings is 1. The molecule has 0 atom stereocenters. The number of hydrogen-bond donors (Lipinski definition) is 2. The van der Waals surface area contributed by atoms with Crippen molar-refractivity contribution >= 4 is 5.97 Å². The second-order valence-corrected chi connectivity index (χ2v) is 8.18. The molecule has 3 aliphatic rings. The summed E-state index contributed by atoms with van der Waals surface area (Å²) in [5, 5.41) is 13.0. The maximum absolute atomic E-state index is 11.2. The third-order valence-corrected chi connectivity index (χ3v) is 6.60. The minimum atomic E-state index is -0.632. The van der Waals surface area contributed by atoms with E-state index in [0.717, 1.165) is 43.7 Å². The summed E-state index contributed by atoms with van der Waals surface area (Å²) >= 11 is 0. The number of nitrogens with one attached hydrogen (secondary N) is 1. The van der Waals surface area contributed by atoms with Crippen molar-refractivity contribution in [2.24, 2.45) is 5.92 Å². The van der Waals surface area contributed by atoms with Crippen LogP contribution in [0.25, 0.3) is 0 Å². The standard InChI is InChI=1S/C21H29NO4/c23-20(24)15-4-7-17(8-5-15)22-13-21(10-2-1-3-11-21)16-6-9-18-19(12-16)26-14-25-18/h6,9,12,15,17,22H,1-5,7-8,10-11,13-14H2,(H,23,24). The van der Waals surface area contributed by atoms with E-state index in [1.54, 1.807) is 0 Å². The number of carboxylic acids is 1. The Labute approximate surface area is 155 Å². The Morgan fingerprint density at radius 2 is 1.81 bits per heavy atom. The van der Waals surface area contributed by atoms with E-state index in [9.17, 15) is 9.90 Å². The lowest BCUT2D eigenvalue weighted by Crippen LogP contribution is -2.45. The van der Waals surface area contributed by atoms with Gasteiger partial charge in [-0.15, -0.1) is 0 Å². The van der Waals surface area contributed by atoms with E-state index in [2.05, 4.69) is 17.4 Å². The van der Waals surface area contributed by atoms with Crippen molar-refractivity contribution in [2.45, 2.75) is 69.2 Å². The Kier molecular flexibility index (Phi) is 5.07. The molecule has 4 rings (SSSR count). The van der Waals surface area contributed by atoms with Gasteiger partial charge in [-0.1, -0.05) is 25.3 Å². The monoisotopic (exact) mass is 359 g/mol. The molecule has 0 unspecified atom stereocenters. The molecule has 26 heavy (non-hydrogen) atoms. The highest BCUT2D eigenvalue weighted by molar-refractivity contribution is 5.70. The Morgan fingerprint density at radius 1 is 1.08 bits per heavy atom. The number of hydrogen-bond acceptors (Lipinski definition) is 4. The molecular formula is C21H29NO4. The maximum Gasteiger partial charge on any atom is 0.306 e. The van der Waals surface area contributed by atoms with Crippen molar-refractivity contribution < 1.29 is 19.4 Å². The molecule has 1 aromatic carbocycles. The van der Waals surface area contributed by atoms with Crippen molar-refractivity contribution in [3.63, 3.8) is 0 Å². The fourth-order valence-corrected chi connectivity index (χ4v) is 4.91. The van der Waals surface area contributed by atoms with E-state index >= 15 is 0 Å². The highest BCUT2D eigenvalue weighted by atomic mass is 16.7. The first-order valence-corrected chi connectivity index (χ1v) is 10.0. The molecule has 0 bridgehead atoms. The van der Waals surface area contributed by atoms with Crippen LogP contribution in [-0.4, -0.2) is 30.5 Å². The zero-order chi connectivity index (χ0) is 18.0. The summed E-state index contributed by atoms with van der Waals surface area (Å²) in [6, 6.07) is 6.88. The van der Waals surface area contributed by atoms with Crippen LogP contribution in [0.3, 0.4) is 0 Å². The lowest BCUT2D eigenvalue weighted by molar-refractivity contribution is -0.142. The van der Waals surface area contributed by atoms with Crippen LogP contribution in [-0.2, 0) is 10.2 Å². The molecule has 1 heterocycles. The number of aliphatic carboxylic acids is 1. The molecule has 0 spiro atoms. The number of rotatable bonds is 5. The first-order valence-electron chi connectivity index (χ1n) is 10.0. The lowest BCUT2D eigenvalue weighted by Gasteiger charge is -2.40. The average molecular weight is 359 g/mol. The van der Waals surface area contributed by atoms with Gasteiger partial charge in [-0.3, -0.25) is 4.79 Å². The second kappa shape index (κ2) is 7.47. The number of ether oxygens (including phenoxy) is 2. The number of carbonyl (C=O) groups is 1. The summed E-state index contributed by atoms with van der Waals surface area (Å²) < 4.78 is 11.1. The first-order chi connectivity index (χ1) is 12.7. The van der Waals surface area contributed by atoms with Gasteiger partial charge in [0.15, 0.2) is 11.5 Å². The molecule has 2 N–H and O–H groups in total. The van der Waals surface area contributed by atoms with Crippen molar-refractivity contribution in [1.82, 2.24) is 5.32 Å². The molecule has 0 saturated heterocycles. The summed E-state index contributed by atoms with van der Waals surface area (Å²) in [6.07, 6.45) is 9.77. The molecular weight excluding hydrogens is 330 g/mol. The molecule has 0 amide bonds. The van der Waals surface area contributed by atoms with E-state index in [1.165, 1.54) is 37.7 Å². The summed E-state index contributed by atoms with van der Waals surface area (Å²) in [7, 11) is 0. The van der Waals surface area contributed by atoms with Gasteiger partial charge in [0.2, 0.25) is 6.79 Å². The Morgan fingerprint density at radius 3 is 2.54 bits per heavy atom. The predicted octanol–water partition coefficient (Wildman–Crippen LogP) is 3.85. The fourth-order valence-electron chi connectivity index (χ4n) is 4.91. The van der Waals surface area contributed by atoms with Crippen molar-refractivity contribution in [3.8, 4) is 11.5 Å². The van der Waals surface area contributed by atoms with Crippen LogP contribution in [0.1, 0.15) is 63.4 Å². The van der Waals surface area contributed by atoms with Crippen LogP contribution in [0.4, 0.5) is 0 Å². The van der Waals surface area contributed by atoms with Gasteiger partial charge in [-0.05, 0) is 56.2 Å². The minimum absolute atomic E-state index is 0.148. The van der Waals surface area contributed by atoms with Crippen LogP contribution in [0.2, 0.25) is 0 Å². The van der Waals surface area contributed by atoms with E-state index < -0.39 is 5.97 Å². The van der Waals surface area contributed by atoms with Crippen molar-refractivity contribution in [1.29, 1.82) is 0 Å². The third kappa shape index (κ3) is 3.54. The molecule has 142 valence electrons. The largest absolute Gasteiger partial charge is 0.481 e. The van der Waals surface area contributed by atoms with Gasteiger partial charge in [0.25, 0.3) is 0 Å². The zero-order valence-corrected chi connectivity index (χ0v) is 15.3. The average Bonchev–Trinajstić information content (AvgIpc) is 3.15. The fraction of sp³-hybridized carbons (Fsp3) is 0.667. The van der Waals surface area contributed by atoms with Crippen molar-refractivity contribution in [3.05, 3.63) is 23.8 Å². The van der Waals surface area contributed by atoms with Gasteiger partial charge < -0.3 is 19.9 Å². The highest BCUT2D eigenvalue weighted by Crippen LogP contribution is 2.43. The maximum atomic E-state index is 11.2. The second-order valence-electron chi connectivity index (χ2n) is 8.18. The SMILES string of the molecule is O=C(O)C1CCC(NCC2(c3ccc4c(c3)OCO4)CCCCC2)CC1. The minimum Gasteiger partial charge on any atom is -0.481 e. The van der Waals surface area contributed by atoms with Crippen LogP contribution >= 0.6 is 0 Å². The van der Waals surface area contributed by atoms with Crippen LogP contribution in [0, 0.1) is 5.92 Å². The van der Waals surface area contributed by atoms with Gasteiger partial charge >= 0.3 is 5.97 Å².